The second kappa shape index (κ2) is 3.44. The smallest absolute Gasteiger partial charge is 0.292 e. The van der Waals surface area contributed by atoms with Crippen molar-refractivity contribution in [3.05, 3.63) is 30.6 Å². The minimum Gasteiger partial charge on any atom is -0.424 e. The van der Waals surface area contributed by atoms with Gasteiger partial charge in [0.2, 0.25) is 5.95 Å². The lowest BCUT2D eigenvalue weighted by Gasteiger charge is -1.99. The summed E-state index contributed by atoms with van der Waals surface area (Å²) in [4.78, 5) is 11.9. The van der Waals surface area contributed by atoms with E-state index in [2.05, 4.69) is 15.0 Å². The van der Waals surface area contributed by atoms with Gasteiger partial charge >= 0.3 is 0 Å². The Morgan fingerprint density at radius 2 is 1.76 bits per heavy atom. The fourth-order valence-corrected chi connectivity index (χ4v) is 1.61. The van der Waals surface area contributed by atoms with Crippen molar-refractivity contribution in [3.63, 3.8) is 0 Å². The van der Waals surface area contributed by atoms with Crippen LogP contribution in [0.25, 0.3) is 22.2 Å². The average Bonchev–Trinajstić information content (AvgIpc) is 2.69. The minimum atomic E-state index is 0.158. The highest BCUT2D eigenvalue weighted by Crippen LogP contribution is 2.24. The van der Waals surface area contributed by atoms with Crippen molar-refractivity contribution in [1.29, 1.82) is 0 Å². The Labute approximate surface area is 96.3 Å². The molecule has 0 aliphatic rings. The van der Waals surface area contributed by atoms with Gasteiger partial charge in [0.05, 0.1) is 0 Å². The van der Waals surface area contributed by atoms with Crippen LogP contribution < -0.4 is 11.5 Å². The van der Waals surface area contributed by atoms with Crippen LogP contribution in [0.2, 0.25) is 0 Å². The molecule has 0 aliphatic carbocycles. The summed E-state index contributed by atoms with van der Waals surface area (Å²) in [6.45, 7) is 0. The molecule has 0 saturated carbocycles. The first-order valence-corrected chi connectivity index (χ1v) is 4.96. The maximum absolute atomic E-state index is 5.48. The number of aromatic nitrogens is 3. The Kier molecular flexibility index (Phi) is 1.94. The third kappa shape index (κ3) is 1.65. The van der Waals surface area contributed by atoms with Crippen LogP contribution >= 0.6 is 0 Å². The van der Waals surface area contributed by atoms with E-state index in [0.717, 1.165) is 11.1 Å². The molecule has 17 heavy (non-hydrogen) atoms. The van der Waals surface area contributed by atoms with Crippen LogP contribution in [0.5, 0.6) is 0 Å². The van der Waals surface area contributed by atoms with E-state index in [9.17, 15) is 0 Å². The van der Waals surface area contributed by atoms with Crippen LogP contribution in [0.1, 0.15) is 0 Å². The van der Waals surface area contributed by atoms with Crippen LogP contribution in [-0.4, -0.2) is 15.0 Å². The number of anilines is 2. The third-order valence-electron chi connectivity index (χ3n) is 2.41. The van der Waals surface area contributed by atoms with Gasteiger partial charge in [-0.3, -0.25) is 0 Å². The highest BCUT2D eigenvalue weighted by Gasteiger charge is 2.05. The summed E-state index contributed by atoms with van der Waals surface area (Å²) in [7, 11) is 0. The summed E-state index contributed by atoms with van der Waals surface area (Å²) in [5.74, 6) is 0.250. The first-order chi connectivity index (χ1) is 8.22. The predicted octanol–water partition coefficient (Wildman–Crippen LogP) is 1.45. The van der Waals surface area contributed by atoms with Crippen molar-refractivity contribution in [2.75, 3.05) is 11.5 Å². The molecule has 0 radical (unpaired) electrons. The number of nitrogens with zero attached hydrogens (tertiary/aromatic N) is 3. The quantitative estimate of drug-likeness (QED) is 0.652. The molecule has 0 unspecified atom stereocenters. The lowest BCUT2D eigenvalue weighted by atomic mass is 10.1. The van der Waals surface area contributed by atoms with E-state index in [4.69, 9.17) is 15.9 Å². The van der Waals surface area contributed by atoms with Crippen LogP contribution in [-0.2, 0) is 0 Å². The molecule has 0 bridgehead atoms. The van der Waals surface area contributed by atoms with E-state index < -0.39 is 0 Å². The lowest BCUT2D eigenvalue weighted by Crippen LogP contribution is -1.93. The molecule has 0 fully saturated rings. The van der Waals surface area contributed by atoms with Crippen LogP contribution in [0.15, 0.2) is 35.0 Å². The van der Waals surface area contributed by atoms with Crippen LogP contribution in [0.3, 0.4) is 0 Å². The number of benzene rings is 1. The summed E-state index contributed by atoms with van der Waals surface area (Å²) < 4.78 is 5.19. The average molecular weight is 227 g/mol. The molecule has 1 aromatic carbocycles. The number of nitrogen functional groups attached to an aromatic ring is 2. The lowest BCUT2D eigenvalue weighted by molar-refractivity contribution is 0.626. The number of fused-ring (bicyclic) bond motifs is 1. The van der Waals surface area contributed by atoms with E-state index in [1.807, 2.05) is 18.2 Å². The molecule has 0 saturated heterocycles. The molecule has 84 valence electrons. The molecule has 4 N–H and O–H groups in total. The van der Waals surface area contributed by atoms with Gasteiger partial charge in [-0.05, 0) is 17.7 Å². The Morgan fingerprint density at radius 1 is 1.00 bits per heavy atom. The summed E-state index contributed by atoms with van der Waals surface area (Å²) in [6, 6.07) is 5.72. The molecule has 0 amide bonds. The van der Waals surface area contributed by atoms with E-state index in [1.54, 1.807) is 12.4 Å². The molecular weight excluding hydrogens is 218 g/mol. The predicted molar refractivity (Wildman–Crippen MR) is 63.9 cm³/mol. The van der Waals surface area contributed by atoms with Crippen molar-refractivity contribution >= 4 is 23.1 Å². The summed E-state index contributed by atoms with van der Waals surface area (Å²) >= 11 is 0. The Balaban J connectivity index is 2.13. The molecule has 2 aromatic heterocycles. The topological polar surface area (TPSA) is 104 Å². The number of hydrogen-bond acceptors (Lipinski definition) is 6. The third-order valence-corrected chi connectivity index (χ3v) is 2.41. The largest absolute Gasteiger partial charge is 0.424 e. The first kappa shape index (κ1) is 9.59. The number of nitrogens with two attached hydrogens (primary N) is 2. The number of hydrogen-bond donors (Lipinski definition) is 2. The van der Waals surface area contributed by atoms with Gasteiger partial charge < -0.3 is 15.9 Å². The molecule has 6 nitrogen and oxygen atoms in total. The van der Waals surface area contributed by atoms with Gasteiger partial charge in [0.15, 0.2) is 5.58 Å². The van der Waals surface area contributed by atoms with Gasteiger partial charge in [-0.15, -0.1) is 0 Å². The molecule has 0 atom stereocenters. The maximum atomic E-state index is 5.48. The van der Waals surface area contributed by atoms with Crippen molar-refractivity contribution in [2.45, 2.75) is 0 Å². The van der Waals surface area contributed by atoms with Crippen LogP contribution in [0, 0.1) is 0 Å². The highest BCUT2D eigenvalue weighted by atomic mass is 16.4. The van der Waals surface area contributed by atoms with Crippen molar-refractivity contribution in [2.24, 2.45) is 0 Å². The Bertz CT molecular complexity index is 674. The molecule has 6 heteroatoms. The van der Waals surface area contributed by atoms with Gasteiger partial charge in [0, 0.05) is 18.0 Å². The normalized spacial score (nSPS) is 10.8. The highest BCUT2D eigenvalue weighted by molar-refractivity contribution is 5.81. The standard InChI is InChI=1S/C11H9N5O/c12-10-14-4-7(5-15-10)6-1-2-9-8(3-6)16-11(13)17-9/h1-5H,(H2,13,16)(H2,12,14,15). The van der Waals surface area contributed by atoms with E-state index in [1.165, 1.54) is 0 Å². The molecule has 2 heterocycles. The van der Waals surface area contributed by atoms with Crippen molar-refractivity contribution in [1.82, 2.24) is 15.0 Å². The second-order valence-corrected chi connectivity index (χ2v) is 3.56. The molecule has 0 spiro atoms. The minimum absolute atomic E-state index is 0.158. The Hall–Kier alpha value is -2.63. The zero-order valence-electron chi connectivity index (χ0n) is 8.79. The van der Waals surface area contributed by atoms with E-state index in [-0.39, 0.29) is 12.0 Å². The molecule has 3 aromatic rings. The van der Waals surface area contributed by atoms with Gasteiger partial charge in [-0.2, -0.15) is 4.98 Å². The maximum Gasteiger partial charge on any atom is 0.292 e. The number of rotatable bonds is 1. The van der Waals surface area contributed by atoms with Gasteiger partial charge in [-0.25, -0.2) is 9.97 Å². The zero-order chi connectivity index (χ0) is 11.8. The Morgan fingerprint density at radius 3 is 2.53 bits per heavy atom. The molecule has 0 aliphatic heterocycles. The molecule has 3 rings (SSSR count). The SMILES string of the molecule is Nc1ncc(-c2ccc3oc(N)nc3c2)cn1. The fraction of sp³-hybridized carbons (Fsp3) is 0. The summed E-state index contributed by atoms with van der Waals surface area (Å²) in [6.07, 6.45) is 3.32. The first-order valence-electron chi connectivity index (χ1n) is 4.96. The summed E-state index contributed by atoms with van der Waals surface area (Å²) in [5.41, 5.74) is 14.1. The number of oxazole rings is 1. The van der Waals surface area contributed by atoms with Crippen molar-refractivity contribution in [3.8, 4) is 11.1 Å². The van der Waals surface area contributed by atoms with Crippen molar-refractivity contribution < 1.29 is 4.42 Å². The second-order valence-electron chi connectivity index (χ2n) is 3.56. The molecular formula is C11H9N5O. The van der Waals surface area contributed by atoms with E-state index in [0.29, 0.717) is 11.1 Å². The van der Waals surface area contributed by atoms with Gasteiger partial charge in [-0.1, -0.05) is 6.07 Å². The monoisotopic (exact) mass is 227 g/mol. The van der Waals surface area contributed by atoms with E-state index >= 15 is 0 Å². The zero-order valence-corrected chi connectivity index (χ0v) is 8.79. The van der Waals surface area contributed by atoms with Gasteiger partial charge in [0.1, 0.15) is 5.52 Å². The summed E-state index contributed by atoms with van der Waals surface area (Å²) in [5, 5.41) is 0. The van der Waals surface area contributed by atoms with Crippen LogP contribution in [0.4, 0.5) is 12.0 Å². The van der Waals surface area contributed by atoms with Gasteiger partial charge in [0.25, 0.3) is 6.01 Å². The fourth-order valence-electron chi connectivity index (χ4n) is 1.61.